The van der Waals surface area contributed by atoms with Crippen LogP contribution in [0.25, 0.3) is 0 Å². The minimum absolute atomic E-state index is 0.0995. The van der Waals surface area contributed by atoms with Gasteiger partial charge in [0, 0.05) is 19.7 Å². The van der Waals surface area contributed by atoms with E-state index >= 15 is 0 Å². The first kappa shape index (κ1) is 14.3. The van der Waals surface area contributed by atoms with Crippen molar-refractivity contribution >= 4 is 17.3 Å². The van der Waals surface area contributed by atoms with Crippen LogP contribution >= 0.6 is 11.6 Å². The molecule has 0 aliphatic rings. The Kier molecular flexibility index (Phi) is 3.91. The van der Waals surface area contributed by atoms with Gasteiger partial charge in [-0.15, -0.1) is 0 Å². The highest BCUT2D eigenvalue weighted by atomic mass is 35.5. The molecular weight excluding hydrogens is 284 g/mol. The smallest absolute Gasteiger partial charge is 0.273 e. The van der Waals surface area contributed by atoms with Crippen molar-refractivity contribution in [1.82, 2.24) is 9.78 Å². The number of benzene rings is 1. The summed E-state index contributed by atoms with van der Waals surface area (Å²) >= 11 is 6.00. The SMILES string of the molecule is Cc1nn(C)c(Oc2cc([N+](=O)[O-])ccc2Cl)c1CN. The summed E-state index contributed by atoms with van der Waals surface area (Å²) in [4.78, 5) is 10.3. The minimum atomic E-state index is -0.512. The fraction of sp³-hybridized carbons (Fsp3) is 0.250. The van der Waals surface area contributed by atoms with E-state index in [-0.39, 0.29) is 23.0 Å². The largest absolute Gasteiger partial charge is 0.437 e. The number of nitro groups is 1. The van der Waals surface area contributed by atoms with Gasteiger partial charge in [-0.25, -0.2) is 4.68 Å². The van der Waals surface area contributed by atoms with Gasteiger partial charge in [0.05, 0.1) is 27.3 Å². The molecule has 20 heavy (non-hydrogen) atoms. The number of hydrogen-bond donors (Lipinski definition) is 1. The Morgan fingerprint density at radius 2 is 2.25 bits per heavy atom. The molecule has 0 radical (unpaired) electrons. The maximum Gasteiger partial charge on any atom is 0.273 e. The van der Waals surface area contributed by atoms with Crippen molar-refractivity contribution < 1.29 is 9.66 Å². The third-order valence-corrected chi connectivity index (χ3v) is 3.14. The van der Waals surface area contributed by atoms with E-state index in [9.17, 15) is 10.1 Å². The van der Waals surface area contributed by atoms with Crippen LogP contribution in [0.15, 0.2) is 18.2 Å². The summed E-state index contributed by atoms with van der Waals surface area (Å²) in [6.45, 7) is 2.06. The van der Waals surface area contributed by atoms with E-state index < -0.39 is 4.92 Å². The number of halogens is 1. The molecule has 0 saturated carbocycles. The van der Waals surface area contributed by atoms with E-state index in [1.165, 1.54) is 22.9 Å². The summed E-state index contributed by atoms with van der Waals surface area (Å²) < 4.78 is 7.18. The van der Waals surface area contributed by atoms with Crippen LogP contribution in [0.5, 0.6) is 11.6 Å². The maximum atomic E-state index is 10.8. The van der Waals surface area contributed by atoms with Crippen LogP contribution in [-0.4, -0.2) is 14.7 Å². The molecule has 0 bridgehead atoms. The maximum absolute atomic E-state index is 10.8. The number of nitro benzene ring substituents is 1. The molecule has 0 fully saturated rings. The zero-order valence-corrected chi connectivity index (χ0v) is 11.7. The Hall–Kier alpha value is -2.12. The third-order valence-electron chi connectivity index (χ3n) is 2.83. The van der Waals surface area contributed by atoms with E-state index in [4.69, 9.17) is 22.1 Å². The molecule has 0 atom stereocenters. The number of nitrogens with zero attached hydrogens (tertiary/aromatic N) is 3. The Labute approximate surface area is 120 Å². The number of rotatable bonds is 4. The zero-order chi connectivity index (χ0) is 14.9. The molecule has 0 aliphatic carbocycles. The first-order valence-corrected chi connectivity index (χ1v) is 6.16. The normalized spacial score (nSPS) is 10.6. The molecule has 1 heterocycles. The summed E-state index contributed by atoms with van der Waals surface area (Å²) in [6.07, 6.45) is 0. The molecule has 1 aromatic heterocycles. The van der Waals surface area contributed by atoms with Gasteiger partial charge < -0.3 is 10.5 Å². The van der Waals surface area contributed by atoms with Gasteiger partial charge >= 0.3 is 0 Å². The molecule has 106 valence electrons. The molecule has 0 saturated heterocycles. The quantitative estimate of drug-likeness (QED) is 0.691. The van der Waals surface area contributed by atoms with E-state index in [2.05, 4.69) is 5.10 Å². The number of hydrogen-bond acceptors (Lipinski definition) is 5. The predicted octanol–water partition coefficient (Wildman–Crippen LogP) is 2.54. The number of ether oxygens (including phenoxy) is 1. The molecule has 8 heteroatoms. The topological polar surface area (TPSA) is 96.2 Å². The van der Waals surface area contributed by atoms with E-state index in [0.717, 1.165) is 11.3 Å². The zero-order valence-electron chi connectivity index (χ0n) is 11.0. The first-order chi connectivity index (χ1) is 9.43. The molecule has 0 spiro atoms. The monoisotopic (exact) mass is 296 g/mol. The van der Waals surface area contributed by atoms with Gasteiger partial charge in [0.2, 0.25) is 5.88 Å². The molecule has 2 aromatic rings. The van der Waals surface area contributed by atoms with Crippen molar-refractivity contribution in [3.63, 3.8) is 0 Å². The lowest BCUT2D eigenvalue weighted by molar-refractivity contribution is -0.384. The van der Waals surface area contributed by atoms with Gasteiger partial charge in [0.1, 0.15) is 0 Å². The Bertz CT molecular complexity index is 669. The fourth-order valence-corrected chi connectivity index (χ4v) is 1.99. The lowest BCUT2D eigenvalue weighted by atomic mass is 10.2. The van der Waals surface area contributed by atoms with Crippen LogP contribution < -0.4 is 10.5 Å². The van der Waals surface area contributed by atoms with Gasteiger partial charge in [0.25, 0.3) is 5.69 Å². The van der Waals surface area contributed by atoms with Crippen LogP contribution in [0.2, 0.25) is 5.02 Å². The molecule has 7 nitrogen and oxygen atoms in total. The highest BCUT2D eigenvalue weighted by Gasteiger charge is 2.17. The molecule has 0 aliphatic heterocycles. The summed E-state index contributed by atoms with van der Waals surface area (Å²) in [5.41, 5.74) is 7.03. The van der Waals surface area contributed by atoms with Crippen LogP contribution in [0.3, 0.4) is 0 Å². The summed E-state index contributed by atoms with van der Waals surface area (Å²) in [6, 6.07) is 4.00. The second-order valence-electron chi connectivity index (χ2n) is 4.17. The number of nitrogens with two attached hydrogens (primary N) is 1. The number of aryl methyl sites for hydroxylation is 2. The standard InChI is InChI=1S/C12H13ClN4O3/c1-7-9(6-14)12(16(2)15-7)20-11-5-8(17(18)19)3-4-10(11)13/h3-5H,6,14H2,1-2H3. The van der Waals surface area contributed by atoms with Gasteiger partial charge in [-0.2, -0.15) is 5.10 Å². The first-order valence-electron chi connectivity index (χ1n) is 5.78. The summed E-state index contributed by atoms with van der Waals surface area (Å²) in [7, 11) is 1.70. The van der Waals surface area contributed by atoms with Gasteiger partial charge in [-0.3, -0.25) is 10.1 Å². The molecule has 2 rings (SSSR count). The van der Waals surface area contributed by atoms with Gasteiger partial charge in [0.15, 0.2) is 5.75 Å². The van der Waals surface area contributed by atoms with Crippen molar-refractivity contribution in [2.75, 3.05) is 0 Å². The fourth-order valence-electron chi connectivity index (χ4n) is 1.83. The molecule has 2 N–H and O–H groups in total. The van der Waals surface area contributed by atoms with Crippen LogP contribution in [-0.2, 0) is 13.6 Å². The lowest BCUT2D eigenvalue weighted by Gasteiger charge is -2.09. The van der Waals surface area contributed by atoms with Crippen molar-refractivity contribution in [2.45, 2.75) is 13.5 Å². The molecule has 1 aromatic carbocycles. The van der Waals surface area contributed by atoms with E-state index in [1.54, 1.807) is 7.05 Å². The third kappa shape index (κ3) is 2.59. The van der Waals surface area contributed by atoms with Crippen LogP contribution in [0, 0.1) is 17.0 Å². The predicted molar refractivity (Wildman–Crippen MR) is 74.0 cm³/mol. The summed E-state index contributed by atoms with van der Waals surface area (Å²) in [5.74, 6) is 0.617. The second-order valence-corrected chi connectivity index (χ2v) is 4.58. The Morgan fingerprint density at radius 3 is 2.85 bits per heavy atom. The average molecular weight is 297 g/mol. The Morgan fingerprint density at radius 1 is 1.55 bits per heavy atom. The average Bonchev–Trinajstić information content (AvgIpc) is 2.66. The molecule has 0 unspecified atom stereocenters. The lowest BCUT2D eigenvalue weighted by Crippen LogP contribution is -2.01. The second kappa shape index (κ2) is 5.48. The van der Waals surface area contributed by atoms with Gasteiger partial charge in [-0.1, -0.05) is 11.6 Å². The van der Waals surface area contributed by atoms with Gasteiger partial charge in [-0.05, 0) is 13.0 Å². The van der Waals surface area contributed by atoms with Crippen LogP contribution in [0.1, 0.15) is 11.3 Å². The molecular formula is C12H13ClN4O3. The van der Waals surface area contributed by atoms with Crippen molar-refractivity contribution in [3.05, 3.63) is 44.6 Å². The van der Waals surface area contributed by atoms with E-state index in [1.807, 2.05) is 6.92 Å². The highest BCUT2D eigenvalue weighted by Crippen LogP contribution is 2.34. The van der Waals surface area contributed by atoms with Crippen molar-refractivity contribution in [3.8, 4) is 11.6 Å². The van der Waals surface area contributed by atoms with Crippen LogP contribution in [0.4, 0.5) is 5.69 Å². The number of non-ortho nitro benzene ring substituents is 1. The van der Waals surface area contributed by atoms with E-state index in [0.29, 0.717) is 5.88 Å². The number of aromatic nitrogens is 2. The molecule has 0 amide bonds. The van der Waals surface area contributed by atoms with Crippen molar-refractivity contribution in [2.24, 2.45) is 12.8 Å². The van der Waals surface area contributed by atoms with Crippen molar-refractivity contribution in [1.29, 1.82) is 0 Å². The minimum Gasteiger partial charge on any atom is -0.437 e. The Balaban J connectivity index is 2.44. The summed E-state index contributed by atoms with van der Waals surface area (Å²) in [5, 5.41) is 15.3. The highest BCUT2D eigenvalue weighted by molar-refractivity contribution is 6.32.